The number of unbranched alkanes of at least 4 members (excludes halogenated alkanes) is 1. The number of benzene rings is 1. The fourth-order valence-corrected chi connectivity index (χ4v) is 1.87. The van der Waals surface area contributed by atoms with Crippen molar-refractivity contribution in [1.82, 2.24) is 4.90 Å². The molecule has 0 radical (unpaired) electrons. The summed E-state index contributed by atoms with van der Waals surface area (Å²) in [7, 11) is 0. The highest BCUT2D eigenvalue weighted by Gasteiger charge is 2.33. The van der Waals surface area contributed by atoms with Gasteiger partial charge in [-0.3, -0.25) is 4.79 Å². The molecule has 0 saturated heterocycles. The lowest BCUT2D eigenvalue weighted by atomic mass is 10.1. The van der Waals surface area contributed by atoms with E-state index in [0.29, 0.717) is 12.0 Å². The van der Waals surface area contributed by atoms with Crippen molar-refractivity contribution in [1.29, 1.82) is 0 Å². The maximum absolute atomic E-state index is 12.6. The molecule has 20 heavy (non-hydrogen) atoms. The van der Waals surface area contributed by atoms with Gasteiger partial charge in [0.15, 0.2) is 0 Å². The summed E-state index contributed by atoms with van der Waals surface area (Å²) in [5.41, 5.74) is 2.23. The van der Waals surface area contributed by atoms with Gasteiger partial charge in [0.2, 0.25) is 0 Å². The quantitative estimate of drug-likeness (QED) is 0.798. The van der Waals surface area contributed by atoms with Crippen molar-refractivity contribution in [3.05, 3.63) is 34.9 Å². The molecule has 1 aromatic carbocycles. The fourth-order valence-electron chi connectivity index (χ4n) is 1.87. The van der Waals surface area contributed by atoms with Gasteiger partial charge in [0.1, 0.15) is 6.54 Å². The number of aryl methyl sites for hydroxylation is 2. The van der Waals surface area contributed by atoms with Gasteiger partial charge in [-0.1, -0.05) is 19.4 Å². The highest BCUT2D eigenvalue weighted by atomic mass is 19.4. The van der Waals surface area contributed by atoms with E-state index in [4.69, 9.17) is 0 Å². The maximum atomic E-state index is 12.6. The predicted molar refractivity (Wildman–Crippen MR) is 72.8 cm³/mol. The largest absolute Gasteiger partial charge is 0.406 e. The Balaban J connectivity index is 2.93. The van der Waals surface area contributed by atoms with Crippen molar-refractivity contribution >= 4 is 5.91 Å². The third-order valence-electron chi connectivity index (χ3n) is 3.19. The van der Waals surface area contributed by atoms with Crippen LogP contribution in [0.3, 0.4) is 0 Å². The summed E-state index contributed by atoms with van der Waals surface area (Å²) < 4.78 is 37.7. The number of nitrogens with zero attached hydrogens (tertiary/aromatic N) is 1. The number of carbonyl (C=O) groups is 1. The lowest BCUT2D eigenvalue weighted by Gasteiger charge is -2.24. The second-order valence-electron chi connectivity index (χ2n) is 4.99. The Labute approximate surface area is 117 Å². The summed E-state index contributed by atoms with van der Waals surface area (Å²) in [6, 6.07) is 4.99. The SMILES string of the molecule is CCCCN(CC(F)(F)F)C(=O)c1ccc(C)c(C)c1. The van der Waals surface area contributed by atoms with Crippen molar-refractivity contribution in [3.63, 3.8) is 0 Å². The highest BCUT2D eigenvalue weighted by Crippen LogP contribution is 2.19. The number of amides is 1. The van der Waals surface area contributed by atoms with Crippen molar-refractivity contribution in [2.45, 2.75) is 39.8 Å². The first-order valence-corrected chi connectivity index (χ1v) is 6.68. The van der Waals surface area contributed by atoms with Gasteiger partial charge in [-0.25, -0.2) is 0 Å². The molecule has 112 valence electrons. The number of hydrogen-bond acceptors (Lipinski definition) is 1. The monoisotopic (exact) mass is 287 g/mol. The Morgan fingerprint density at radius 1 is 1.20 bits per heavy atom. The summed E-state index contributed by atoms with van der Waals surface area (Å²) in [6.45, 7) is 4.55. The molecule has 0 aromatic heterocycles. The third kappa shape index (κ3) is 4.87. The summed E-state index contributed by atoms with van der Waals surface area (Å²) in [6.07, 6.45) is -3.07. The summed E-state index contributed by atoms with van der Waals surface area (Å²) >= 11 is 0. The van der Waals surface area contributed by atoms with E-state index in [1.807, 2.05) is 20.8 Å². The van der Waals surface area contributed by atoms with Crippen molar-refractivity contribution < 1.29 is 18.0 Å². The van der Waals surface area contributed by atoms with Crippen molar-refractivity contribution in [3.8, 4) is 0 Å². The van der Waals surface area contributed by atoms with E-state index in [2.05, 4.69) is 0 Å². The second-order valence-corrected chi connectivity index (χ2v) is 4.99. The van der Waals surface area contributed by atoms with E-state index < -0.39 is 18.6 Å². The van der Waals surface area contributed by atoms with Crippen LogP contribution in [0.15, 0.2) is 18.2 Å². The summed E-state index contributed by atoms with van der Waals surface area (Å²) in [4.78, 5) is 13.1. The summed E-state index contributed by atoms with van der Waals surface area (Å²) in [5.74, 6) is -0.557. The molecule has 1 aromatic rings. The van der Waals surface area contributed by atoms with Gasteiger partial charge in [0.05, 0.1) is 0 Å². The van der Waals surface area contributed by atoms with E-state index >= 15 is 0 Å². The van der Waals surface area contributed by atoms with Crippen LogP contribution in [0.2, 0.25) is 0 Å². The third-order valence-corrected chi connectivity index (χ3v) is 3.19. The van der Waals surface area contributed by atoms with Gasteiger partial charge in [0, 0.05) is 12.1 Å². The van der Waals surface area contributed by atoms with Crippen LogP contribution in [0.4, 0.5) is 13.2 Å². The van der Waals surface area contributed by atoms with E-state index in [1.54, 1.807) is 18.2 Å². The second kappa shape index (κ2) is 6.77. The Kier molecular flexibility index (Phi) is 5.60. The topological polar surface area (TPSA) is 20.3 Å². The van der Waals surface area contributed by atoms with Gasteiger partial charge < -0.3 is 4.90 Å². The van der Waals surface area contributed by atoms with Crippen LogP contribution in [-0.4, -0.2) is 30.1 Å². The van der Waals surface area contributed by atoms with Crippen LogP contribution in [0, 0.1) is 13.8 Å². The minimum Gasteiger partial charge on any atom is -0.330 e. The molecule has 0 N–H and O–H groups in total. The lowest BCUT2D eigenvalue weighted by molar-refractivity contribution is -0.140. The minimum absolute atomic E-state index is 0.127. The van der Waals surface area contributed by atoms with Crippen molar-refractivity contribution in [2.75, 3.05) is 13.1 Å². The molecule has 0 heterocycles. The van der Waals surface area contributed by atoms with Crippen LogP contribution in [0.1, 0.15) is 41.3 Å². The van der Waals surface area contributed by atoms with Crippen LogP contribution in [0.25, 0.3) is 0 Å². The first-order chi connectivity index (χ1) is 9.24. The van der Waals surface area contributed by atoms with E-state index in [0.717, 1.165) is 22.4 Å². The molecule has 0 bridgehead atoms. The Bertz CT molecular complexity index is 469. The molecule has 0 aliphatic heterocycles. The zero-order chi connectivity index (χ0) is 15.3. The van der Waals surface area contributed by atoms with Gasteiger partial charge in [0.25, 0.3) is 5.91 Å². The van der Waals surface area contributed by atoms with Crippen molar-refractivity contribution in [2.24, 2.45) is 0 Å². The Hall–Kier alpha value is -1.52. The van der Waals surface area contributed by atoms with Gasteiger partial charge in [-0.2, -0.15) is 13.2 Å². The normalized spacial score (nSPS) is 11.5. The molecule has 0 atom stereocenters. The van der Waals surface area contributed by atoms with Gasteiger partial charge in [-0.05, 0) is 43.5 Å². The molecule has 0 aliphatic carbocycles. The molecule has 2 nitrogen and oxygen atoms in total. The highest BCUT2D eigenvalue weighted by molar-refractivity contribution is 5.94. The van der Waals surface area contributed by atoms with Gasteiger partial charge >= 0.3 is 6.18 Å². The van der Waals surface area contributed by atoms with Crippen LogP contribution < -0.4 is 0 Å². The molecule has 0 spiro atoms. The number of rotatable bonds is 5. The van der Waals surface area contributed by atoms with E-state index in [-0.39, 0.29) is 6.54 Å². The number of hydrogen-bond donors (Lipinski definition) is 0. The molecule has 1 rings (SSSR count). The zero-order valence-corrected chi connectivity index (χ0v) is 12.0. The van der Waals surface area contributed by atoms with E-state index in [1.165, 1.54) is 0 Å². The molecule has 0 unspecified atom stereocenters. The average Bonchev–Trinajstić information content (AvgIpc) is 2.35. The number of halogens is 3. The average molecular weight is 287 g/mol. The molecular weight excluding hydrogens is 267 g/mol. The van der Waals surface area contributed by atoms with Gasteiger partial charge in [-0.15, -0.1) is 0 Å². The molecule has 1 amide bonds. The Morgan fingerprint density at radius 2 is 1.85 bits per heavy atom. The smallest absolute Gasteiger partial charge is 0.330 e. The molecular formula is C15H20F3NO. The van der Waals surface area contributed by atoms with Crippen LogP contribution >= 0.6 is 0 Å². The molecule has 5 heteroatoms. The maximum Gasteiger partial charge on any atom is 0.406 e. The van der Waals surface area contributed by atoms with Crippen LogP contribution in [0.5, 0.6) is 0 Å². The summed E-state index contributed by atoms with van der Waals surface area (Å²) in [5, 5.41) is 0. The predicted octanol–water partition coefficient (Wildman–Crippen LogP) is 4.11. The molecule has 0 saturated carbocycles. The molecule has 0 fully saturated rings. The standard InChI is InChI=1S/C15H20F3NO/c1-4-5-8-19(10-15(16,17)18)14(20)13-7-6-11(2)12(3)9-13/h6-7,9H,4-5,8,10H2,1-3H3. The van der Waals surface area contributed by atoms with E-state index in [9.17, 15) is 18.0 Å². The Morgan fingerprint density at radius 3 is 2.35 bits per heavy atom. The minimum atomic E-state index is -4.37. The fraction of sp³-hybridized carbons (Fsp3) is 0.533. The zero-order valence-electron chi connectivity index (χ0n) is 12.0. The van der Waals surface area contributed by atoms with Crippen LogP contribution in [-0.2, 0) is 0 Å². The molecule has 0 aliphatic rings. The number of alkyl halides is 3. The first-order valence-electron chi connectivity index (χ1n) is 6.68. The lowest BCUT2D eigenvalue weighted by Crippen LogP contribution is -2.39. The first kappa shape index (κ1) is 16.5. The number of carbonyl (C=O) groups excluding carboxylic acids is 1.